The highest BCUT2D eigenvalue weighted by Gasteiger charge is 2.16. The third-order valence-corrected chi connectivity index (χ3v) is 6.52. The van der Waals surface area contributed by atoms with E-state index in [4.69, 9.17) is 0 Å². The van der Waals surface area contributed by atoms with Gasteiger partial charge in [-0.25, -0.2) is 8.42 Å². The Labute approximate surface area is 171 Å². The van der Waals surface area contributed by atoms with Gasteiger partial charge in [0.2, 0.25) is 0 Å². The van der Waals surface area contributed by atoms with Gasteiger partial charge in [-0.3, -0.25) is 4.72 Å². The quantitative estimate of drug-likeness (QED) is 0.486. The number of anilines is 2. The lowest BCUT2D eigenvalue weighted by Gasteiger charge is -2.22. The molecule has 2 rings (SSSR count). The minimum absolute atomic E-state index is 0.303. The fraction of sp³-hybridized carbons (Fsp3) is 0.478. The third kappa shape index (κ3) is 5.99. The number of nitrogens with one attached hydrogen (secondary N) is 1. The van der Waals surface area contributed by atoms with Crippen LogP contribution in [0.3, 0.4) is 0 Å². The van der Waals surface area contributed by atoms with Crippen LogP contribution in [0.5, 0.6) is 0 Å². The van der Waals surface area contributed by atoms with Gasteiger partial charge in [0, 0.05) is 18.8 Å². The Morgan fingerprint density at radius 2 is 1.57 bits per heavy atom. The lowest BCUT2D eigenvalue weighted by molar-refractivity contribution is 0.601. The van der Waals surface area contributed by atoms with Crippen LogP contribution in [0.15, 0.2) is 47.4 Å². The molecule has 0 aliphatic rings. The first-order chi connectivity index (χ1) is 13.4. The van der Waals surface area contributed by atoms with Crippen molar-refractivity contribution in [2.24, 2.45) is 0 Å². The normalized spacial score (nSPS) is 11.4. The number of benzene rings is 2. The molecule has 2 aromatic rings. The molecular weight excluding hydrogens is 368 g/mol. The number of hydrogen-bond acceptors (Lipinski definition) is 3. The number of hydrogen-bond donors (Lipinski definition) is 1. The monoisotopic (exact) mass is 402 g/mol. The van der Waals surface area contributed by atoms with E-state index in [0.29, 0.717) is 10.6 Å². The van der Waals surface area contributed by atoms with Crippen molar-refractivity contribution in [2.45, 2.75) is 64.7 Å². The van der Waals surface area contributed by atoms with Crippen molar-refractivity contribution in [3.63, 3.8) is 0 Å². The molecule has 0 unspecified atom stereocenters. The molecule has 2 aromatic carbocycles. The number of rotatable bonds is 11. The van der Waals surface area contributed by atoms with Gasteiger partial charge in [0.1, 0.15) is 0 Å². The highest BCUT2D eigenvalue weighted by molar-refractivity contribution is 7.92. The van der Waals surface area contributed by atoms with Gasteiger partial charge in [-0.2, -0.15) is 0 Å². The summed E-state index contributed by atoms with van der Waals surface area (Å²) in [7, 11) is -3.59. The summed E-state index contributed by atoms with van der Waals surface area (Å²) in [4.78, 5) is 2.54. The van der Waals surface area contributed by atoms with Gasteiger partial charge < -0.3 is 4.90 Å². The van der Waals surface area contributed by atoms with E-state index in [1.165, 1.54) is 24.8 Å². The Hall–Kier alpha value is -2.01. The SMILES string of the molecule is CCCCCCc1ccc(S(=O)(=O)Nc2ccc(N(CC)CC)cc2C)cc1. The molecule has 0 radical (unpaired) electrons. The highest BCUT2D eigenvalue weighted by Crippen LogP contribution is 2.25. The van der Waals surface area contributed by atoms with E-state index in [2.05, 4.69) is 30.4 Å². The first-order valence-corrected chi connectivity index (χ1v) is 11.9. The topological polar surface area (TPSA) is 49.4 Å². The Bertz CT molecular complexity index is 841. The molecule has 0 bridgehead atoms. The van der Waals surface area contributed by atoms with E-state index in [-0.39, 0.29) is 0 Å². The van der Waals surface area contributed by atoms with E-state index >= 15 is 0 Å². The predicted molar refractivity (Wildman–Crippen MR) is 120 cm³/mol. The standard InChI is InChI=1S/C23H34N2O2S/c1-5-8-9-10-11-20-12-15-22(16-13-20)28(26,27)24-23-17-14-21(18-19(23)4)25(6-2)7-3/h12-18,24H,5-11H2,1-4H3. The number of nitrogens with zero attached hydrogens (tertiary/aromatic N) is 1. The van der Waals surface area contributed by atoms with Crippen LogP contribution in [-0.4, -0.2) is 21.5 Å². The van der Waals surface area contributed by atoms with Crippen molar-refractivity contribution in [3.8, 4) is 0 Å². The molecule has 0 spiro atoms. The second-order valence-corrected chi connectivity index (χ2v) is 8.91. The zero-order valence-corrected chi connectivity index (χ0v) is 18.5. The van der Waals surface area contributed by atoms with E-state index in [9.17, 15) is 8.42 Å². The molecule has 154 valence electrons. The summed E-state index contributed by atoms with van der Waals surface area (Å²) in [5.74, 6) is 0. The van der Waals surface area contributed by atoms with Gasteiger partial charge in [-0.15, -0.1) is 0 Å². The van der Waals surface area contributed by atoms with Crippen LogP contribution in [-0.2, 0) is 16.4 Å². The zero-order valence-electron chi connectivity index (χ0n) is 17.7. The van der Waals surface area contributed by atoms with E-state index in [1.807, 2.05) is 37.3 Å². The van der Waals surface area contributed by atoms with Crippen LogP contribution in [0.4, 0.5) is 11.4 Å². The van der Waals surface area contributed by atoms with Gasteiger partial charge >= 0.3 is 0 Å². The van der Waals surface area contributed by atoms with Crippen molar-refractivity contribution in [1.29, 1.82) is 0 Å². The molecule has 0 saturated carbocycles. The van der Waals surface area contributed by atoms with Gasteiger partial charge in [0.15, 0.2) is 0 Å². The number of unbranched alkanes of at least 4 members (excludes halogenated alkanes) is 3. The fourth-order valence-electron chi connectivity index (χ4n) is 3.34. The molecule has 0 heterocycles. The Balaban J connectivity index is 2.08. The maximum atomic E-state index is 12.8. The number of sulfonamides is 1. The second-order valence-electron chi connectivity index (χ2n) is 7.23. The molecule has 1 N–H and O–H groups in total. The van der Waals surface area contributed by atoms with Gasteiger partial charge in [0.05, 0.1) is 10.6 Å². The van der Waals surface area contributed by atoms with Crippen molar-refractivity contribution < 1.29 is 8.42 Å². The van der Waals surface area contributed by atoms with Crippen LogP contribution in [0.2, 0.25) is 0 Å². The molecule has 0 fully saturated rings. The lowest BCUT2D eigenvalue weighted by atomic mass is 10.1. The summed E-state index contributed by atoms with van der Waals surface area (Å²) in [6.07, 6.45) is 5.85. The summed E-state index contributed by atoms with van der Waals surface area (Å²) in [6.45, 7) is 10.2. The summed E-state index contributed by atoms with van der Waals surface area (Å²) in [5.41, 5.74) is 3.84. The van der Waals surface area contributed by atoms with Crippen LogP contribution < -0.4 is 9.62 Å². The molecule has 0 aliphatic heterocycles. The first kappa shape index (κ1) is 22.3. The van der Waals surface area contributed by atoms with Crippen LogP contribution in [0.1, 0.15) is 57.6 Å². The van der Waals surface area contributed by atoms with Crippen molar-refractivity contribution in [1.82, 2.24) is 0 Å². The van der Waals surface area contributed by atoms with E-state index < -0.39 is 10.0 Å². The predicted octanol–water partition coefficient (Wildman–Crippen LogP) is 5.76. The Kier molecular flexibility index (Phi) is 8.36. The summed E-state index contributed by atoms with van der Waals surface area (Å²) < 4.78 is 28.3. The molecule has 28 heavy (non-hydrogen) atoms. The maximum absolute atomic E-state index is 12.8. The first-order valence-electron chi connectivity index (χ1n) is 10.4. The molecular formula is C23H34N2O2S. The van der Waals surface area contributed by atoms with Crippen LogP contribution in [0.25, 0.3) is 0 Å². The van der Waals surface area contributed by atoms with Crippen molar-refractivity contribution in [2.75, 3.05) is 22.7 Å². The molecule has 5 heteroatoms. The molecule has 0 saturated heterocycles. The van der Waals surface area contributed by atoms with Crippen LogP contribution >= 0.6 is 0 Å². The summed E-state index contributed by atoms with van der Waals surface area (Å²) in [6, 6.07) is 13.1. The molecule has 0 aromatic heterocycles. The largest absolute Gasteiger partial charge is 0.372 e. The average molecular weight is 403 g/mol. The van der Waals surface area contributed by atoms with Gasteiger partial charge in [0.25, 0.3) is 10.0 Å². The molecule has 0 amide bonds. The van der Waals surface area contributed by atoms with Gasteiger partial charge in [-0.05, 0) is 75.1 Å². The molecule has 0 aliphatic carbocycles. The second kappa shape index (κ2) is 10.5. The Morgan fingerprint density at radius 1 is 0.893 bits per heavy atom. The summed E-state index contributed by atoms with van der Waals surface area (Å²) in [5, 5.41) is 0. The smallest absolute Gasteiger partial charge is 0.261 e. The lowest BCUT2D eigenvalue weighted by Crippen LogP contribution is -2.22. The minimum atomic E-state index is -3.59. The average Bonchev–Trinajstić information content (AvgIpc) is 2.68. The number of aryl methyl sites for hydroxylation is 2. The summed E-state index contributed by atoms with van der Waals surface area (Å²) >= 11 is 0. The van der Waals surface area contributed by atoms with Crippen molar-refractivity contribution in [3.05, 3.63) is 53.6 Å². The fourth-order valence-corrected chi connectivity index (χ4v) is 4.47. The van der Waals surface area contributed by atoms with E-state index in [1.54, 1.807) is 12.1 Å². The van der Waals surface area contributed by atoms with Gasteiger partial charge in [-0.1, -0.05) is 38.3 Å². The molecule has 0 atom stereocenters. The van der Waals surface area contributed by atoms with E-state index in [0.717, 1.165) is 37.2 Å². The third-order valence-electron chi connectivity index (χ3n) is 5.14. The zero-order chi connectivity index (χ0) is 20.6. The minimum Gasteiger partial charge on any atom is -0.372 e. The highest BCUT2D eigenvalue weighted by atomic mass is 32.2. The Morgan fingerprint density at radius 3 is 2.14 bits per heavy atom. The molecule has 4 nitrogen and oxygen atoms in total. The van der Waals surface area contributed by atoms with Crippen molar-refractivity contribution >= 4 is 21.4 Å². The maximum Gasteiger partial charge on any atom is 0.261 e. The van der Waals surface area contributed by atoms with Crippen LogP contribution in [0, 0.1) is 6.92 Å².